The van der Waals surface area contributed by atoms with E-state index in [9.17, 15) is 9.90 Å². The molecule has 0 radical (unpaired) electrons. The Hall–Kier alpha value is -2.17. The Kier molecular flexibility index (Phi) is 5.62. The first kappa shape index (κ1) is 16.7. The summed E-state index contributed by atoms with van der Waals surface area (Å²) in [6.07, 6.45) is 2.03. The Morgan fingerprint density at radius 3 is 2.62 bits per heavy atom. The van der Waals surface area contributed by atoms with Gasteiger partial charge in [-0.3, -0.25) is 9.69 Å². The van der Waals surface area contributed by atoms with Gasteiger partial charge < -0.3 is 10.0 Å². The van der Waals surface area contributed by atoms with E-state index in [0.717, 1.165) is 30.6 Å². The van der Waals surface area contributed by atoms with Crippen LogP contribution < -0.4 is 4.90 Å². The SMILES string of the molecule is O=C(CN(CCO)Cc1ccccc1)N1CCCc2ccccc21. The lowest BCUT2D eigenvalue weighted by Gasteiger charge is -2.31. The lowest BCUT2D eigenvalue weighted by Crippen LogP contribution is -2.43. The number of anilines is 1. The van der Waals surface area contributed by atoms with Crippen LogP contribution in [0.15, 0.2) is 54.6 Å². The molecule has 4 nitrogen and oxygen atoms in total. The number of fused-ring (bicyclic) bond motifs is 1. The summed E-state index contributed by atoms with van der Waals surface area (Å²) in [7, 11) is 0. The van der Waals surface area contributed by atoms with Crippen LogP contribution in [0, 0.1) is 0 Å². The second kappa shape index (κ2) is 8.08. The number of aliphatic hydroxyl groups is 1. The molecule has 0 atom stereocenters. The first-order chi connectivity index (χ1) is 11.8. The summed E-state index contributed by atoms with van der Waals surface area (Å²) in [6, 6.07) is 18.2. The third-order valence-corrected chi connectivity index (χ3v) is 4.44. The smallest absolute Gasteiger partial charge is 0.241 e. The number of hydrogen-bond donors (Lipinski definition) is 1. The molecule has 0 saturated heterocycles. The molecule has 1 amide bonds. The minimum absolute atomic E-state index is 0.0523. The largest absolute Gasteiger partial charge is 0.395 e. The van der Waals surface area contributed by atoms with Crippen LogP contribution in [0.25, 0.3) is 0 Å². The van der Waals surface area contributed by atoms with Crippen LogP contribution in [-0.2, 0) is 17.8 Å². The number of rotatable bonds is 6. The zero-order valence-corrected chi connectivity index (χ0v) is 13.9. The number of hydrogen-bond acceptors (Lipinski definition) is 3. The van der Waals surface area contributed by atoms with Crippen molar-refractivity contribution in [3.8, 4) is 0 Å². The number of aryl methyl sites for hydroxylation is 1. The van der Waals surface area contributed by atoms with Crippen LogP contribution in [-0.4, -0.2) is 42.2 Å². The van der Waals surface area contributed by atoms with Crippen molar-refractivity contribution in [3.05, 3.63) is 65.7 Å². The lowest BCUT2D eigenvalue weighted by atomic mass is 10.0. The van der Waals surface area contributed by atoms with Crippen molar-refractivity contribution in [2.45, 2.75) is 19.4 Å². The highest BCUT2D eigenvalue weighted by Gasteiger charge is 2.23. The zero-order valence-electron chi connectivity index (χ0n) is 13.9. The predicted molar refractivity (Wildman–Crippen MR) is 95.9 cm³/mol. The van der Waals surface area contributed by atoms with E-state index in [2.05, 4.69) is 6.07 Å². The van der Waals surface area contributed by atoms with Crippen molar-refractivity contribution in [3.63, 3.8) is 0 Å². The molecule has 1 heterocycles. The summed E-state index contributed by atoms with van der Waals surface area (Å²) in [5.74, 6) is 0.103. The third kappa shape index (κ3) is 4.02. The van der Waals surface area contributed by atoms with Gasteiger partial charge in [0, 0.05) is 25.3 Å². The van der Waals surface area contributed by atoms with Gasteiger partial charge >= 0.3 is 0 Å². The van der Waals surface area contributed by atoms with Gasteiger partial charge in [-0.1, -0.05) is 48.5 Å². The highest BCUT2D eigenvalue weighted by atomic mass is 16.3. The van der Waals surface area contributed by atoms with Gasteiger partial charge in [0.1, 0.15) is 0 Å². The van der Waals surface area contributed by atoms with Crippen molar-refractivity contribution >= 4 is 11.6 Å². The number of amides is 1. The fourth-order valence-corrected chi connectivity index (χ4v) is 3.27. The molecule has 1 aliphatic rings. The van der Waals surface area contributed by atoms with Crippen LogP contribution in [0.3, 0.4) is 0 Å². The molecule has 3 rings (SSSR count). The van der Waals surface area contributed by atoms with Crippen LogP contribution in [0.2, 0.25) is 0 Å². The van der Waals surface area contributed by atoms with E-state index in [0.29, 0.717) is 19.6 Å². The molecule has 0 spiro atoms. The zero-order chi connectivity index (χ0) is 16.8. The van der Waals surface area contributed by atoms with Crippen LogP contribution in [0.4, 0.5) is 5.69 Å². The van der Waals surface area contributed by atoms with Gasteiger partial charge in [-0.05, 0) is 30.0 Å². The van der Waals surface area contributed by atoms with Gasteiger partial charge in [0.2, 0.25) is 5.91 Å². The average Bonchev–Trinajstić information content (AvgIpc) is 2.62. The maximum absolute atomic E-state index is 12.8. The summed E-state index contributed by atoms with van der Waals surface area (Å²) in [4.78, 5) is 16.7. The van der Waals surface area contributed by atoms with E-state index < -0.39 is 0 Å². The first-order valence-electron chi connectivity index (χ1n) is 8.53. The van der Waals surface area contributed by atoms with Crippen molar-refractivity contribution in [1.29, 1.82) is 0 Å². The van der Waals surface area contributed by atoms with Gasteiger partial charge in [0.15, 0.2) is 0 Å². The monoisotopic (exact) mass is 324 g/mol. The third-order valence-electron chi connectivity index (χ3n) is 4.44. The molecular weight excluding hydrogens is 300 g/mol. The molecule has 1 N–H and O–H groups in total. The lowest BCUT2D eigenvalue weighted by molar-refractivity contribution is -0.120. The maximum atomic E-state index is 12.8. The number of para-hydroxylation sites is 1. The van der Waals surface area contributed by atoms with Gasteiger partial charge in [0.25, 0.3) is 0 Å². The van der Waals surface area contributed by atoms with Gasteiger partial charge in [0.05, 0.1) is 13.2 Å². The molecule has 0 saturated carbocycles. The quantitative estimate of drug-likeness (QED) is 0.888. The Morgan fingerprint density at radius 1 is 1.08 bits per heavy atom. The molecule has 126 valence electrons. The summed E-state index contributed by atoms with van der Waals surface area (Å²) in [5.41, 5.74) is 3.43. The van der Waals surface area contributed by atoms with Gasteiger partial charge in [-0.2, -0.15) is 0 Å². The van der Waals surface area contributed by atoms with Crippen LogP contribution in [0.1, 0.15) is 17.5 Å². The van der Waals surface area contributed by atoms with E-state index in [4.69, 9.17) is 0 Å². The van der Waals surface area contributed by atoms with Crippen molar-refractivity contribution in [1.82, 2.24) is 4.90 Å². The van der Waals surface area contributed by atoms with Gasteiger partial charge in [-0.15, -0.1) is 0 Å². The molecule has 4 heteroatoms. The molecule has 2 aromatic rings. The highest BCUT2D eigenvalue weighted by Crippen LogP contribution is 2.26. The van der Waals surface area contributed by atoms with Gasteiger partial charge in [-0.25, -0.2) is 0 Å². The molecule has 0 aliphatic carbocycles. The minimum atomic E-state index is 0.0523. The second-order valence-electron chi connectivity index (χ2n) is 6.20. The predicted octanol–water partition coefficient (Wildman–Crippen LogP) is 2.46. The molecular formula is C20H24N2O2. The average molecular weight is 324 g/mol. The van der Waals surface area contributed by atoms with E-state index in [1.165, 1.54) is 5.56 Å². The number of benzene rings is 2. The Balaban J connectivity index is 1.70. The van der Waals surface area contributed by atoms with Crippen LogP contribution >= 0.6 is 0 Å². The summed E-state index contributed by atoms with van der Waals surface area (Å²) in [6.45, 7) is 2.31. The fourth-order valence-electron chi connectivity index (χ4n) is 3.27. The summed E-state index contributed by atoms with van der Waals surface area (Å²) in [5, 5.41) is 9.33. The van der Waals surface area contributed by atoms with Crippen molar-refractivity contribution in [2.75, 3.05) is 31.1 Å². The molecule has 0 bridgehead atoms. The minimum Gasteiger partial charge on any atom is -0.395 e. The molecule has 0 aromatic heterocycles. The summed E-state index contributed by atoms with van der Waals surface area (Å²) < 4.78 is 0. The molecule has 0 unspecified atom stereocenters. The highest BCUT2D eigenvalue weighted by molar-refractivity contribution is 5.95. The fraction of sp³-hybridized carbons (Fsp3) is 0.350. The normalized spacial score (nSPS) is 13.8. The number of carbonyl (C=O) groups is 1. The Morgan fingerprint density at radius 2 is 1.83 bits per heavy atom. The number of aliphatic hydroxyl groups excluding tert-OH is 1. The standard InChI is InChI=1S/C20H24N2O2/c23-14-13-21(15-17-7-2-1-3-8-17)16-20(24)22-12-6-10-18-9-4-5-11-19(18)22/h1-5,7-9,11,23H,6,10,12-16H2. The van der Waals surface area contributed by atoms with E-state index in [-0.39, 0.29) is 12.5 Å². The summed E-state index contributed by atoms with van der Waals surface area (Å²) >= 11 is 0. The van der Waals surface area contributed by atoms with E-state index in [1.807, 2.05) is 58.3 Å². The number of nitrogens with zero attached hydrogens (tertiary/aromatic N) is 2. The van der Waals surface area contributed by atoms with E-state index in [1.54, 1.807) is 0 Å². The second-order valence-corrected chi connectivity index (χ2v) is 6.20. The van der Waals surface area contributed by atoms with Crippen molar-refractivity contribution < 1.29 is 9.90 Å². The van der Waals surface area contributed by atoms with Crippen LogP contribution in [0.5, 0.6) is 0 Å². The molecule has 1 aliphatic heterocycles. The topological polar surface area (TPSA) is 43.8 Å². The molecule has 0 fully saturated rings. The van der Waals surface area contributed by atoms with E-state index >= 15 is 0 Å². The van der Waals surface area contributed by atoms with Crippen molar-refractivity contribution in [2.24, 2.45) is 0 Å². The number of carbonyl (C=O) groups excluding carboxylic acids is 1. The Labute approximate surface area is 143 Å². The molecule has 24 heavy (non-hydrogen) atoms. The first-order valence-corrected chi connectivity index (χ1v) is 8.53. The molecule has 2 aromatic carbocycles. The Bertz CT molecular complexity index is 672. The maximum Gasteiger partial charge on any atom is 0.241 e.